The van der Waals surface area contributed by atoms with E-state index in [0.29, 0.717) is 15.8 Å². The van der Waals surface area contributed by atoms with E-state index in [0.717, 1.165) is 23.9 Å². The lowest BCUT2D eigenvalue weighted by molar-refractivity contribution is -0.121. The Morgan fingerprint density at radius 3 is 2.87 bits per heavy atom. The van der Waals surface area contributed by atoms with Crippen molar-refractivity contribution in [3.8, 4) is 0 Å². The Morgan fingerprint density at radius 1 is 1.35 bits per heavy atom. The zero-order valence-electron chi connectivity index (χ0n) is 13.0. The third kappa shape index (κ3) is 2.99. The van der Waals surface area contributed by atoms with Crippen molar-refractivity contribution in [2.24, 2.45) is 0 Å². The molecule has 1 aromatic carbocycles. The highest BCUT2D eigenvalue weighted by molar-refractivity contribution is 8.26. The van der Waals surface area contributed by atoms with E-state index in [1.54, 1.807) is 11.0 Å². The predicted octanol–water partition coefficient (Wildman–Crippen LogP) is 4.44. The Balaban J connectivity index is 2.03. The molecule has 0 radical (unpaired) electrons. The fourth-order valence-electron chi connectivity index (χ4n) is 2.74. The van der Waals surface area contributed by atoms with Gasteiger partial charge in [-0.3, -0.25) is 9.69 Å². The molecule has 1 aliphatic rings. The predicted molar refractivity (Wildman–Crippen MR) is 102 cm³/mol. The van der Waals surface area contributed by atoms with Gasteiger partial charge in [0.15, 0.2) is 0 Å². The molecule has 23 heavy (non-hydrogen) atoms. The number of carbonyl (C=O) groups is 1. The number of thiocarbonyl (C=S) groups is 1. The molecule has 118 valence electrons. The molecule has 1 aliphatic heterocycles. The number of fused-ring (bicyclic) bond motifs is 1. The van der Waals surface area contributed by atoms with Gasteiger partial charge in [-0.1, -0.05) is 55.2 Å². The normalized spacial score (nSPS) is 16.7. The Morgan fingerprint density at radius 2 is 2.13 bits per heavy atom. The van der Waals surface area contributed by atoms with Gasteiger partial charge < -0.3 is 4.57 Å². The highest BCUT2D eigenvalue weighted by Crippen LogP contribution is 2.34. The molecule has 0 saturated carbocycles. The maximum Gasteiger partial charge on any atom is 0.266 e. The summed E-state index contributed by atoms with van der Waals surface area (Å²) in [5.74, 6) is -0.0350. The average Bonchev–Trinajstić information content (AvgIpc) is 3.02. The Hall–Kier alpha value is -1.85. The molecule has 1 fully saturated rings. The molecule has 1 aromatic heterocycles. The number of hydrogen-bond donors (Lipinski definition) is 0. The quantitative estimate of drug-likeness (QED) is 0.456. The van der Waals surface area contributed by atoms with Crippen LogP contribution in [0.2, 0.25) is 0 Å². The van der Waals surface area contributed by atoms with Crippen molar-refractivity contribution in [1.82, 2.24) is 9.47 Å². The standard InChI is InChI=1S/C18H18N2OS2/c1-3-9-19-12-13(14-7-5-6-8-15(14)19)11-16-17(21)20(10-4-2)18(22)23-16/h4-8,11-12H,2-3,9-10H2,1H3/b16-11+. The van der Waals surface area contributed by atoms with Crippen molar-refractivity contribution in [2.75, 3.05) is 6.54 Å². The minimum Gasteiger partial charge on any atom is -0.347 e. The fourth-order valence-corrected chi connectivity index (χ4v) is 4.01. The van der Waals surface area contributed by atoms with Gasteiger partial charge in [-0.25, -0.2) is 0 Å². The molecule has 2 aromatic rings. The van der Waals surface area contributed by atoms with Gasteiger partial charge in [-0.2, -0.15) is 0 Å². The maximum absolute atomic E-state index is 12.5. The summed E-state index contributed by atoms with van der Waals surface area (Å²) in [6.45, 7) is 7.26. The first-order valence-corrected chi connectivity index (χ1v) is 8.82. The number of carbonyl (C=O) groups excluding carboxylic acids is 1. The van der Waals surface area contributed by atoms with E-state index < -0.39 is 0 Å². The third-order valence-corrected chi connectivity index (χ3v) is 5.13. The number of para-hydroxylation sites is 1. The summed E-state index contributed by atoms with van der Waals surface area (Å²) in [6.07, 6.45) is 6.84. The van der Waals surface area contributed by atoms with Crippen LogP contribution >= 0.6 is 24.0 Å². The molecule has 5 heteroatoms. The first-order valence-electron chi connectivity index (χ1n) is 7.59. The third-order valence-electron chi connectivity index (χ3n) is 3.76. The van der Waals surface area contributed by atoms with E-state index in [2.05, 4.69) is 36.4 Å². The van der Waals surface area contributed by atoms with Crippen LogP contribution in [0.3, 0.4) is 0 Å². The number of benzene rings is 1. The lowest BCUT2D eigenvalue weighted by atomic mass is 10.1. The first kappa shape index (κ1) is 16.0. The first-order chi connectivity index (χ1) is 11.2. The zero-order valence-corrected chi connectivity index (χ0v) is 14.6. The van der Waals surface area contributed by atoms with Crippen molar-refractivity contribution in [3.05, 3.63) is 53.6 Å². The number of amides is 1. The van der Waals surface area contributed by atoms with Crippen molar-refractivity contribution in [2.45, 2.75) is 19.9 Å². The van der Waals surface area contributed by atoms with Crippen molar-refractivity contribution in [3.63, 3.8) is 0 Å². The van der Waals surface area contributed by atoms with Gasteiger partial charge in [0.1, 0.15) is 4.32 Å². The minimum absolute atomic E-state index is 0.0350. The van der Waals surface area contributed by atoms with E-state index in [4.69, 9.17) is 12.2 Å². The van der Waals surface area contributed by atoms with Crippen LogP contribution in [0.5, 0.6) is 0 Å². The van der Waals surface area contributed by atoms with E-state index >= 15 is 0 Å². The summed E-state index contributed by atoms with van der Waals surface area (Å²) < 4.78 is 2.84. The number of aromatic nitrogens is 1. The van der Waals surface area contributed by atoms with Crippen molar-refractivity contribution in [1.29, 1.82) is 0 Å². The minimum atomic E-state index is -0.0350. The molecule has 0 bridgehead atoms. The SMILES string of the molecule is C=CCN1C(=O)/C(=C\c2cn(CCC)c3ccccc23)SC1=S. The van der Waals surface area contributed by atoms with Crippen molar-refractivity contribution >= 4 is 51.2 Å². The zero-order chi connectivity index (χ0) is 16.4. The van der Waals surface area contributed by atoms with Gasteiger partial charge in [-0.15, -0.1) is 6.58 Å². The summed E-state index contributed by atoms with van der Waals surface area (Å²) in [4.78, 5) is 14.7. The van der Waals surface area contributed by atoms with Crippen LogP contribution in [-0.4, -0.2) is 26.2 Å². The second-order valence-corrected chi connectivity index (χ2v) is 7.05. The molecular weight excluding hydrogens is 324 g/mol. The maximum atomic E-state index is 12.5. The number of rotatable bonds is 5. The number of thioether (sulfide) groups is 1. The van der Waals surface area contributed by atoms with Crippen LogP contribution in [0.25, 0.3) is 17.0 Å². The summed E-state index contributed by atoms with van der Waals surface area (Å²) in [5, 5.41) is 1.16. The number of aryl methyl sites for hydroxylation is 1. The molecule has 3 nitrogen and oxygen atoms in total. The molecule has 0 N–H and O–H groups in total. The van der Waals surface area contributed by atoms with Gasteiger partial charge in [0.25, 0.3) is 5.91 Å². The van der Waals surface area contributed by atoms with E-state index in [1.807, 2.05) is 18.2 Å². The molecule has 3 rings (SSSR count). The van der Waals surface area contributed by atoms with Crippen LogP contribution in [0.4, 0.5) is 0 Å². The highest BCUT2D eigenvalue weighted by Gasteiger charge is 2.31. The van der Waals surface area contributed by atoms with Gasteiger partial charge in [-0.05, 0) is 18.6 Å². The smallest absolute Gasteiger partial charge is 0.266 e. The number of hydrogen-bond acceptors (Lipinski definition) is 3. The van der Waals surface area contributed by atoms with Gasteiger partial charge in [0.05, 0.1) is 4.91 Å². The molecule has 1 saturated heterocycles. The number of nitrogens with zero attached hydrogens (tertiary/aromatic N) is 2. The summed E-state index contributed by atoms with van der Waals surface area (Å²) >= 11 is 6.65. The largest absolute Gasteiger partial charge is 0.347 e. The monoisotopic (exact) mass is 342 g/mol. The lowest BCUT2D eigenvalue weighted by Crippen LogP contribution is -2.27. The molecule has 0 aliphatic carbocycles. The average molecular weight is 342 g/mol. The topological polar surface area (TPSA) is 25.2 Å². The molecule has 0 atom stereocenters. The van der Waals surface area contributed by atoms with Crippen LogP contribution < -0.4 is 0 Å². The fraction of sp³-hybridized carbons (Fsp3) is 0.222. The van der Waals surface area contributed by atoms with E-state index in [-0.39, 0.29) is 5.91 Å². The van der Waals surface area contributed by atoms with Gasteiger partial charge in [0, 0.05) is 35.8 Å². The van der Waals surface area contributed by atoms with E-state index in [1.165, 1.54) is 17.3 Å². The lowest BCUT2D eigenvalue weighted by Gasteiger charge is -2.10. The Bertz CT molecular complexity index is 820. The van der Waals surface area contributed by atoms with Crippen LogP contribution in [0.1, 0.15) is 18.9 Å². The summed E-state index contributed by atoms with van der Waals surface area (Å²) in [5.41, 5.74) is 2.26. The molecule has 2 heterocycles. The second-order valence-electron chi connectivity index (χ2n) is 5.38. The van der Waals surface area contributed by atoms with Crippen LogP contribution in [-0.2, 0) is 11.3 Å². The van der Waals surface area contributed by atoms with Gasteiger partial charge >= 0.3 is 0 Å². The second kappa shape index (κ2) is 6.72. The molecule has 1 amide bonds. The Kier molecular flexibility index (Phi) is 4.68. The summed E-state index contributed by atoms with van der Waals surface area (Å²) in [6, 6.07) is 8.28. The highest BCUT2D eigenvalue weighted by atomic mass is 32.2. The summed E-state index contributed by atoms with van der Waals surface area (Å²) in [7, 11) is 0. The van der Waals surface area contributed by atoms with Crippen LogP contribution in [0, 0.1) is 0 Å². The van der Waals surface area contributed by atoms with Gasteiger partial charge in [0.2, 0.25) is 0 Å². The molecular formula is C18H18N2OS2. The van der Waals surface area contributed by atoms with Crippen molar-refractivity contribution < 1.29 is 4.79 Å². The molecule has 0 spiro atoms. The van der Waals surface area contributed by atoms with E-state index in [9.17, 15) is 4.79 Å². The van der Waals surface area contributed by atoms with Crippen LogP contribution in [0.15, 0.2) is 48.0 Å². The molecule has 0 unspecified atom stereocenters. The Labute approximate surface area is 145 Å².